The van der Waals surface area contributed by atoms with Crippen LogP contribution in [0.1, 0.15) is 43.3 Å². The fourth-order valence-corrected chi connectivity index (χ4v) is 3.90. The summed E-state index contributed by atoms with van der Waals surface area (Å²) in [6.45, 7) is 9.39. The molecule has 0 atom stereocenters. The number of nitrogens with zero attached hydrogens (tertiary/aromatic N) is 2. The monoisotopic (exact) mass is 361 g/mol. The summed E-state index contributed by atoms with van der Waals surface area (Å²) in [4.78, 5) is 19.9. The van der Waals surface area contributed by atoms with Gasteiger partial charge in [-0.3, -0.25) is 4.79 Å². The Kier molecular flexibility index (Phi) is 4.82. The minimum absolute atomic E-state index is 0.130. The lowest BCUT2D eigenvalue weighted by atomic mass is 9.92. The number of carbonyl (C=O) groups is 1. The van der Waals surface area contributed by atoms with E-state index in [9.17, 15) is 9.18 Å². The number of hydrogen-bond acceptors (Lipinski definition) is 4. The van der Waals surface area contributed by atoms with Crippen LogP contribution in [-0.2, 0) is 17.8 Å². The number of rotatable bonds is 3. The zero-order valence-electron chi connectivity index (χ0n) is 15.1. The summed E-state index contributed by atoms with van der Waals surface area (Å²) >= 11 is 1.65. The zero-order valence-corrected chi connectivity index (χ0v) is 16.0. The largest absolute Gasteiger partial charge is 0.366 e. The molecule has 25 heavy (non-hydrogen) atoms. The van der Waals surface area contributed by atoms with Crippen molar-refractivity contribution >= 4 is 28.6 Å². The summed E-state index contributed by atoms with van der Waals surface area (Å²) < 4.78 is 14.6. The second-order valence-electron chi connectivity index (χ2n) is 7.80. The van der Waals surface area contributed by atoms with Crippen LogP contribution < -0.4 is 10.2 Å². The quantitative estimate of drug-likeness (QED) is 0.874. The topological polar surface area (TPSA) is 45.2 Å². The highest BCUT2D eigenvalue weighted by Crippen LogP contribution is 2.31. The van der Waals surface area contributed by atoms with E-state index in [1.165, 1.54) is 10.9 Å². The molecule has 2 aromatic rings. The molecule has 1 aromatic carbocycles. The molecule has 0 unspecified atom stereocenters. The van der Waals surface area contributed by atoms with E-state index in [-0.39, 0.29) is 22.8 Å². The molecule has 0 spiro atoms. The number of nitrogens with one attached hydrogen (secondary N) is 1. The minimum atomic E-state index is -0.382. The van der Waals surface area contributed by atoms with E-state index in [1.54, 1.807) is 11.3 Å². The Morgan fingerprint density at radius 1 is 1.40 bits per heavy atom. The highest BCUT2D eigenvalue weighted by molar-refractivity contribution is 7.09. The number of carbonyl (C=O) groups excluding carboxylic acids is 1. The van der Waals surface area contributed by atoms with Gasteiger partial charge in [0, 0.05) is 30.0 Å². The minimum Gasteiger partial charge on any atom is -0.366 e. The van der Waals surface area contributed by atoms with Gasteiger partial charge in [0.05, 0.1) is 23.4 Å². The van der Waals surface area contributed by atoms with Crippen molar-refractivity contribution < 1.29 is 9.18 Å². The molecule has 1 aliphatic heterocycles. The average Bonchev–Trinajstić information content (AvgIpc) is 2.96. The summed E-state index contributed by atoms with van der Waals surface area (Å²) in [5.41, 5.74) is 4.77. The van der Waals surface area contributed by atoms with Crippen LogP contribution in [0.15, 0.2) is 17.6 Å². The predicted molar refractivity (Wildman–Crippen MR) is 101 cm³/mol. The van der Waals surface area contributed by atoms with E-state index >= 15 is 0 Å². The van der Waals surface area contributed by atoms with Crippen LogP contribution in [0.4, 0.5) is 15.8 Å². The molecule has 1 aliphatic rings. The van der Waals surface area contributed by atoms with Gasteiger partial charge in [-0.15, -0.1) is 11.3 Å². The van der Waals surface area contributed by atoms with E-state index in [0.29, 0.717) is 6.42 Å². The van der Waals surface area contributed by atoms with Crippen LogP contribution in [0.2, 0.25) is 0 Å². The first-order chi connectivity index (χ1) is 11.7. The third-order valence-corrected chi connectivity index (χ3v) is 5.13. The molecule has 0 aliphatic carbocycles. The second-order valence-corrected chi connectivity index (χ2v) is 8.74. The number of fused-ring (bicyclic) bond motifs is 1. The number of anilines is 2. The van der Waals surface area contributed by atoms with Crippen LogP contribution in [-0.4, -0.2) is 17.4 Å². The van der Waals surface area contributed by atoms with Crippen molar-refractivity contribution in [2.75, 3.05) is 16.8 Å². The van der Waals surface area contributed by atoms with Crippen molar-refractivity contribution in [1.29, 1.82) is 0 Å². The predicted octanol–water partition coefficient (Wildman–Crippen LogP) is 4.53. The first kappa shape index (κ1) is 17.9. The molecule has 4 nitrogen and oxygen atoms in total. The lowest BCUT2D eigenvalue weighted by Gasteiger charge is -2.29. The van der Waals surface area contributed by atoms with Gasteiger partial charge < -0.3 is 10.2 Å². The highest BCUT2D eigenvalue weighted by atomic mass is 32.1. The Morgan fingerprint density at radius 3 is 2.84 bits per heavy atom. The second kappa shape index (κ2) is 6.75. The maximum atomic E-state index is 14.6. The fraction of sp³-hybridized carbons (Fsp3) is 0.474. The van der Waals surface area contributed by atoms with Gasteiger partial charge in [-0.05, 0) is 30.0 Å². The smallest absolute Gasteiger partial charge is 0.224 e. The third kappa shape index (κ3) is 4.18. The average molecular weight is 361 g/mol. The van der Waals surface area contributed by atoms with Crippen LogP contribution in [0.5, 0.6) is 0 Å². The maximum absolute atomic E-state index is 14.6. The van der Waals surface area contributed by atoms with Crippen molar-refractivity contribution in [2.45, 2.75) is 47.1 Å². The normalized spacial score (nSPS) is 14.4. The van der Waals surface area contributed by atoms with E-state index in [1.807, 2.05) is 39.3 Å². The highest BCUT2D eigenvalue weighted by Gasteiger charge is 2.22. The maximum Gasteiger partial charge on any atom is 0.224 e. The van der Waals surface area contributed by atoms with Crippen molar-refractivity contribution in [3.63, 3.8) is 0 Å². The number of benzene rings is 1. The SMILES string of the molecule is Cc1cc(N2CCc3ncsc3C2)cc(F)c1NC(=O)CC(C)(C)C. The molecular weight excluding hydrogens is 337 g/mol. The van der Waals surface area contributed by atoms with E-state index < -0.39 is 0 Å². The number of amides is 1. The molecule has 6 heteroatoms. The molecule has 134 valence electrons. The van der Waals surface area contributed by atoms with Crippen molar-refractivity contribution in [2.24, 2.45) is 5.41 Å². The molecule has 1 aromatic heterocycles. The molecule has 1 amide bonds. The molecule has 3 rings (SSSR count). The summed E-state index contributed by atoms with van der Waals surface area (Å²) in [5, 5.41) is 2.74. The molecule has 2 heterocycles. The van der Waals surface area contributed by atoms with Gasteiger partial charge in [0.25, 0.3) is 0 Å². The van der Waals surface area contributed by atoms with Crippen LogP contribution in [0, 0.1) is 18.2 Å². The van der Waals surface area contributed by atoms with E-state index in [2.05, 4.69) is 15.2 Å². The van der Waals surface area contributed by atoms with Crippen molar-refractivity contribution in [1.82, 2.24) is 4.98 Å². The molecule has 1 N–H and O–H groups in total. The Labute approximate surface area is 152 Å². The van der Waals surface area contributed by atoms with Crippen LogP contribution >= 0.6 is 11.3 Å². The zero-order chi connectivity index (χ0) is 18.2. The van der Waals surface area contributed by atoms with Gasteiger partial charge in [0.2, 0.25) is 5.91 Å². The first-order valence-corrected chi connectivity index (χ1v) is 9.37. The van der Waals surface area contributed by atoms with Crippen LogP contribution in [0.25, 0.3) is 0 Å². The van der Waals surface area contributed by atoms with Gasteiger partial charge in [-0.1, -0.05) is 20.8 Å². The number of aromatic nitrogens is 1. The standard InChI is InChI=1S/C19H24FN3OS/c1-12-7-13(23-6-5-15-16(10-23)25-11-21-15)8-14(20)18(12)22-17(24)9-19(2,3)4/h7-8,11H,5-6,9-10H2,1-4H3,(H,22,24). The molecular formula is C19H24FN3OS. The van der Waals surface area contributed by atoms with E-state index in [4.69, 9.17) is 0 Å². The summed E-state index contributed by atoms with van der Waals surface area (Å²) in [7, 11) is 0. The molecule has 0 saturated carbocycles. The van der Waals surface area contributed by atoms with Gasteiger partial charge in [0.15, 0.2) is 0 Å². The van der Waals surface area contributed by atoms with Gasteiger partial charge in [-0.2, -0.15) is 0 Å². The van der Waals surface area contributed by atoms with Crippen molar-refractivity contribution in [3.8, 4) is 0 Å². The Balaban J connectivity index is 1.78. The van der Waals surface area contributed by atoms with Crippen molar-refractivity contribution in [3.05, 3.63) is 39.6 Å². The number of halogens is 1. The third-order valence-electron chi connectivity index (χ3n) is 4.27. The number of hydrogen-bond donors (Lipinski definition) is 1. The lowest BCUT2D eigenvalue weighted by Crippen LogP contribution is -2.30. The fourth-order valence-electron chi connectivity index (χ4n) is 3.07. The number of aryl methyl sites for hydroxylation is 1. The van der Waals surface area contributed by atoms with Gasteiger partial charge in [-0.25, -0.2) is 9.37 Å². The molecule has 0 saturated heterocycles. The summed E-state index contributed by atoms with van der Waals surface area (Å²) in [5.74, 6) is -0.540. The Hall–Kier alpha value is -1.95. The van der Waals surface area contributed by atoms with Gasteiger partial charge >= 0.3 is 0 Å². The van der Waals surface area contributed by atoms with Crippen LogP contribution in [0.3, 0.4) is 0 Å². The van der Waals surface area contributed by atoms with Gasteiger partial charge in [0.1, 0.15) is 5.82 Å². The Morgan fingerprint density at radius 2 is 2.16 bits per heavy atom. The Bertz CT molecular complexity index is 771. The molecule has 0 bridgehead atoms. The summed E-state index contributed by atoms with van der Waals surface area (Å²) in [6.07, 6.45) is 1.23. The van der Waals surface area contributed by atoms with E-state index in [0.717, 1.165) is 36.5 Å². The number of thiazole rings is 1. The summed E-state index contributed by atoms with van der Waals surface area (Å²) in [6, 6.07) is 3.47. The lowest BCUT2D eigenvalue weighted by molar-refractivity contribution is -0.117. The first-order valence-electron chi connectivity index (χ1n) is 8.49. The molecule has 0 fully saturated rings. The molecule has 0 radical (unpaired) electrons.